The fourth-order valence-corrected chi connectivity index (χ4v) is 1.50. The highest BCUT2D eigenvalue weighted by atomic mass is 16.5. The average molecular weight is 252 g/mol. The summed E-state index contributed by atoms with van der Waals surface area (Å²) in [6.07, 6.45) is 0.623. The van der Waals surface area contributed by atoms with Crippen LogP contribution in [0.15, 0.2) is 18.2 Å². The molecule has 0 aromatic heterocycles. The fourth-order valence-electron chi connectivity index (χ4n) is 1.50. The van der Waals surface area contributed by atoms with Gasteiger partial charge in [-0.1, -0.05) is 13.0 Å². The summed E-state index contributed by atoms with van der Waals surface area (Å²) >= 11 is 0. The Morgan fingerprint density at radius 1 is 1.33 bits per heavy atom. The Morgan fingerprint density at radius 2 is 2.00 bits per heavy atom. The summed E-state index contributed by atoms with van der Waals surface area (Å²) in [6.45, 7) is 2.30. The van der Waals surface area contributed by atoms with E-state index in [-0.39, 0.29) is 5.91 Å². The molecule has 0 unspecified atom stereocenters. The van der Waals surface area contributed by atoms with Crippen molar-refractivity contribution in [2.75, 3.05) is 14.2 Å². The molecule has 18 heavy (non-hydrogen) atoms. The van der Waals surface area contributed by atoms with E-state index in [2.05, 4.69) is 5.32 Å². The zero-order valence-electron chi connectivity index (χ0n) is 11.0. The quantitative estimate of drug-likeness (QED) is 0.794. The highest BCUT2D eigenvalue weighted by molar-refractivity contribution is 5.81. The highest BCUT2D eigenvalue weighted by Gasteiger charge is 2.10. The predicted octanol–water partition coefficient (Wildman–Crippen LogP) is 1.06. The van der Waals surface area contributed by atoms with Crippen LogP contribution in [0.2, 0.25) is 0 Å². The molecule has 1 aromatic rings. The second-order valence-electron chi connectivity index (χ2n) is 3.92. The molecule has 0 bridgehead atoms. The maximum absolute atomic E-state index is 11.5. The lowest BCUT2D eigenvalue weighted by Gasteiger charge is -2.12. The lowest BCUT2D eigenvalue weighted by atomic mass is 10.2. The topological polar surface area (TPSA) is 73.6 Å². The molecule has 0 aliphatic carbocycles. The van der Waals surface area contributed by atoms with Gasteiger partial charge in [-0.3, -0.25) is 4.79 Å². The Morgan fingerprint density at radius 3 is 2.56 bits per heavy atom. The first-order valence-electron chi connectivity index (χ1n) is 5.86. The van der Waals surface area contributed by atoms with Crippen molar-refractivity contribution < 1.29 is 14.3 Å². The minimum absolute atomic E-state index is 0.146. The molecule has 0 radical (unpaired) electrons. The second-order valence-corrected chi connectivity index (χ2v) is 3.92. The van der Waals surface area contributed by atoms with E-state index in [4.69, 9.17) is 15.2 Å². The largest absolute Gasteiger partial charge is 0.493 e. The van der Waals surface area contributed by atoms with Crippen molar-refractivity contribution in [2.45, 2.75) is 25.9 Å². The molecule has 0 saturated heterocycles. The van der Waals surface area contributed by atoms with Crippen molar-refractivity contribution in [3.63, 3.8) is 0 Å². The van der Waals surface area contributed by atoms with Crippen molar-refractivity contribution in [1.29, 1.82) is 0 Å². The van der Waals surface area contributed by atoms with Crippen molar-refractivity contribution in [2.24, 2.45) is 5.73 Å². The Labute approximate surface area is 107 Å². The third kappa shape index (κ3) is 3.63. The van der Waals surface area contributed by atoms with Gasteiger partial charge in [-0.2, -0.15) is 0 Å². The number of amides is 1. The van der Waals surface area contributed by atoms with Crippen LogP contribution in [-0.2, 0) is 11.3 Å². The number of nitrogens with one attached hydrogen (secondary N) is 1. The van der Waals surface area contributed by atoms with Crippen LogP contribution in [-0.4, -0.2) is 26.2 Å². The van der Waals surface area contributed by atoms with Gasteiger partial charge in [0.1, 0.15) is 0 Å². The predicted molar refractivity (Wildman–Crippen MR) is 69.7 cm³/mol. The van der Waals surface area contributed by atoms with Crippen molar-refractivity contribution in [1.82, 2.24) is 5.32 Å². The molecule has 100 valence electrons. The van der Waals surface area contributed by atoms with Gasteiger partial charge in [-0.25, -0.2) is 0 Å². The first kappa shape index (κ1) is 14.3. The number of hydrogen-bond donors (Lipinski definition) is 2. The molecule has 0 spiro atoms. The van der Waals surface area contributed by atoms with Crippen LogP contribution in [0.1, 0.15) is 18.9 Å². The summed E-state index contributed by atoms with van der Waals surface area (Å²) in [5.41, 5.74) is 6.56. The second kappa shape index (κ2) is 6.86. The molecule has 0 aliphatic heterocycles. The van der Waals surface area contributed by atoms with Gasteiger partial charge in [0.15, 0.2) is 11.5 Å². The van der Waals surface area contributed by atoms with E-state index in [1.807, 2.05) is 19.1 Å². The van der Waals surface area contributed by atoms with Crippen molar-refractivity contribution in [3.05, 3.63) is 23.8 Å². The minimum atomic E-state index is -0.454. The van der Waals surface area contributed by atoms with E-state index < -0.39 is 6.04 Å². The molecule has 5 heteroatoms. The number of carbonyl (C=O) groups is 1. The molecule has 0 fully saturated rings. The number of ether oxygens (including phenoxy) is 2. The molecule has 5 nitrogen and oxygen atoms in total. The molecular formula is C13H20N2O3. The molecule has 1 atom stereocenters. The molecule has 0 saturated carbocycles. The molecular weight excluding hydrogens is 232 g/mol. The molecule has 0 heterocycles. The van der Waals surface area contributed by atoms with Gasteiger partial charge in [0.05, 0.1) is 20.3 Å². The Bertz CT molecular complexity index is 407. The lowest BCUT2D eigenvalue weighted by molar-refractivity contribution is -0.122. The zero-order valence-corrected chi connectivity index (χ0v) is 11.0. The molecule has 3 N–H and O–H groups in total. The average Bonchev–Trinajstić information content (AvgIpc) is 2.43. The smallest absolute Gasteiger partial charge is 0.237 e. The van der Waals surface area contributed by atoms with E-state index in [1.54, 1.807) is 20.3 Å². The lowest BCUT2D eigenvalue weighted by Crippen LogP contribution is -2.39. The molecule has 0 aliphatic rings. The Balaban J connectivity index is 2.66. The van der Waals surface area contributed by atoms with E-state index in [0.717, 1.165) is 5.56 Å². The van der Waals surface area contributed by atoms with E-state index >= 15 is 0 Å². The van der Waals surface area contributed by atoms with Gasteiger partial charge in [-0.15, -0.1) is 0 Å². The Hall–Kier alpha value is -1.75. The van der Waals surface area contributed by atoms with Crippen LogP contribution >= 0.6 is 0 Å². The van der Waals surface area contributed by atoms with Gasteiger partial charge >= 0.3 is 0 Å². The third-order valence-corrected chi connectivity index (χ3v) is 2.69. The number of carbonyl (C=O) groups excluding carboxylic acids is 1. The summed E-state index contributed by atoms with van der Waals surface area (Å²) in [6, 6.07) is 5.06. The first-order valence-corrected chi connectivity index (χ1v) is 5.86. The minimum Gasteiger partial charge on any atom is -0.493 e. The number of hydrogen-bond acceptors (Lipinski definition) is 4. The van der Waals surface area contributed by atoms with Crippen LogP contribution in [0, 0.1) is 0 Å². The number of nitrogens with two attached hydrogens (primary N) is 1. The number of rotatable bonds is 6. The van der Waals surface area contributed by atoms with Crippen LogP contribution in [0.5, 0.6) is 11.5 Å². The van der Waals surface area contributed by atoms with Crippen molar-refractivity contribution in [3.8, 4) is 11.5 Å². The van der Waals surface area contributed by atoms with Gasteiger partial charge < -0.3 is 20.5 Å². The normalized spacial score (nSPS) is 11.8. The van der Waals surface area contributed by atoms with Gasteiger partial charge in [0.25, 0.3) is 0 Å². The van der Waals surface area contributed by atoms with Crippen LogP contribution in [0.3, 0.4) is 0 Å². The van der Waals surface area contributed by atoms with E-state index in [0.29, 0.717) is 24.5 Å². The maximum atomic E-state index is 11.5. The highest BCUT2D eigenvalue weighted by Crippen LogP contribution is 2.27. The SMILES string of the molecule is CC[C@@H](N)C(=O)NCc1ccc(OC)c(OC)c1. The molecule has 1 rings (SSSR count). The maximum Gasteiger partial charge on any atom is 0.237 e. The summed E-state index contributed by atoms with van der Waals surface area (Å²) in [5.74, 6) is 1.16. The van der Waals surface area contributed by atoms with Crippen LogP contribution < -0.4 is 20.5 Å². The van der Waals surface area contributed by atoms with E-state index in [1.165, 1.54) is 0 Å². The van der Waals surface area contributed by atoms with Crippen LogP contribution in [0.25, 0.3) is 0 Å². The Kier molecular flexibility index (Phi) is 5.45. The summed E-state index contributed by atoms with van der Waals surface area (Å²) in [4.78, 5) is 11.5. The fraction of sp³-hybridized carbons (Fsp3) is 0.462. The van der Waals surface area contributed by atoms with Gasteiger partial charge in [-0.05, 0) is 24.1 Å². The summed E-state index contributed by atoms with van der Waals surface area (Å²) < 4.78 is 10.3. The monoisotopic (exact) mass is 252 g/mol. The third-order valence-electron chi connectivity index (χ3n) is 2.69. The van der Waals surface area contributed by atoms with E-state index in [9.17, 15) is 4.79 Å². The molecule has 1 amide bonds. The zero-order chi connectivity index (χ0) is 13.5. The van der Waals surface area contributed by atoms with Gasteiger partial charge in [0, 0.05) is 6.54 Å². The number of benzene rings is 1. The summed E-state index contributed by atoms with van der Waals surface area (Å²) in [7, 11) is 3.16. The first-order chi connectivity index (χ1) is 8.62. The molecule has 1 aromatic carbocycles. The standard InChI is InChI=1S/C13H20N2O3/c1-4-10(14)13(16)15-8-9-5-6-11(17-2)12(7-9)18-3/h5-7,10H,4,8,14H2,1-3H3,(H,15,16)/t10-/m1/s1. The van der Waals surface area contributed by atoms with Crippen LogP contribution in [0.4, 0.5) is 0 Å². The number of methoxy groups -OCH3 is 2. The van der Waals surface area contributed by atoms with Gasteiger partial charge in [0.2, 0.25) is 5.91 Å². The summed E-state index contributed by atoms with van der Waals surface area (Å²) in [5, 5.41) is 2.78. The van der Waals surface area contributed by atoms with Crippen molar-refractivity contribution >= 4 is 5.91 Å².